The molecule has 1 aromatic carbocycles. The summed E-state index contributed by atoms with van der Waals surface area (Å²) in [6.07, 6.45) is 0. The first-order chi connectivity index (χ1) is 11.1. The van der Waals surface area contributed by atoms with Gasteiger partial charge in [0.15, 0.2) is 0 Å². The number of hydrogen-bond donors (Lipinski definition) is 2. The Morgan fingerprint density at radius 3 is 2.88 bits per heavy atom. The zero-order valence-corrected chi connectivity index (χ0v) is 14.9. The van der Waals surface area contributed by atoms with Gasteiger partial charge < -0.3 is 15.5 Å². The van der Waals surface area contributed by atoms with Crippen LogP contribution in [-0.2, 0) is 9.59 Å². The molecule has 2 amide bonds. The minimum Gasteiger partial charge on any atom is -0.353 e. The van der Waals surface area contributed by atoms with Crippen LogP contribution in [0.3, 0.4) is 0 Å². The number of hydrogen-bond acceptors (Lipinski definition) is 4. The maximum absolute atomic E-state index is 12.5. The van der Waals surface area contributed by atoms with Crippen molar-refractivity contribution in [3.63, 3.8) is 0 Å². The van der Waals surface area contributed by atoms with Crippen molar-refractivity contribution in [3.8, 4) is 0 Å². The topological polar surface area (TPSA) is 64.7 Å². The van der Waals surface area contributed by atoms with E-state index in [0.29, 0.717) is 24.7 Å². The van der Waals surface area contributed by atoms with Crippen LogP contribution in [-0.4, -0.2) is 67.4 Å². The molecule has 2 aliphatic rings. The SMILES string of the molecule is Cl.O=C1CN(C(=O)CN2CCNCC2c2cccc(Cl)c2)CCN1. The molecule has 2 fully saturated rings. The molecule has 3 rings (SSSR count). The highest BCUT2D eigenvalue weighted by atomic mass is 35.5. The van der Waals surface area contributed by atoms with Crippen LogP contribution >= 0.6 is 24.0 Å². The van der Waals surface area contributed by atoms with Crippen molar-refractivity contribution >= 4 is 35.8 Å². The number of piperazine rings is 2. The number of benzene rings is 1. The van der Waals surface area contributed by atoms with E-state index < -0.39 is 0 Å². The van der Waals surface area contributed by atoms with Gasteiger partial charge in [-0.15, -0.1) is 12.4 Å². The number of nitrogens with one attached hydrogen (secondary N) is 2. The molecule has 2 saturated heterocycles. The lowest BCUT2D eigenvalue weighted by molar-refractivity contribution is -0.139. The normalized spacial score (nSPS) is 21.8. The standard InChI is InChI=1S/C16H21ClN4O2.ClH/c17-13-3-1-2-12(8-13)14-9-18-4-6-20(14)11-16(23)21-7-5-19-15(22)10-21;/h1-3,8,14,18H,4-7,9-11H2,(H,19,22);1H. The second kappa shape index (κ2) is 8.67. The molecule has 0 saturated carbocycles. The molecule has 0 aromatic heterocycles. The first kappa shape index (κ1) is 19.0. The number of halogens is 2. The highest BCUT2D eigenvalue weighted by molar-refractivity contribution is 6.30. The summed E-state index contributed by atoms with van der Waals surface area (Å²) in [7, 11) is 0. The van der Waals surface area contributed by atoms with Crippen LogP contribution in [0.15, 0.2) is 24.3 Å². The monoisotopic (exact) mass is 372 g/mol. The van der Waals surface area contributed by atoms with Crippen LogP contribution in [0.4, 0.5) is 0 Å². The fraction of sp³-hybridized carbons (Fsp3) is 0.500. The number of carbonyl (C=O) groups is 2. The molecule has 24 heavy (non-hydrogen) atoms. The minimum absolute atomic E-state index is 0. The first-order valence-corrected chi connectivity index (χ1v) is 8.26. The molecular weight excluding hydrogens is 351 g/mol. The lowest BCUT2D eigenvalue weighted by Gasteiger charge is -2.37. The predicted octanol–water partition coefficient (Wildman–Crippen LogP) is 0.666. The van der Waals surface area contributed by atoms with Crippen LogP contribution in [0.25, 0.3) is 0 Å². The highest BCUT2D eigenvalue weighted by Gasteiger charge is 2.28. The van der Waals surface area contributed by atoms with Gasteiger partial charge >= 0.3 is 0 Å². The van der Waals surface area contributed by atoms with Crippen molar-refractivity contribution in [1.29, 1.82) is 0 Å². The number of nitrogens with zero attached hydrogens (tertiary/aromatic N) is 2. The Hall–Kier alpha value is -1.34. The molecule has 1 aromatic rings. The van der Waals surface area contributed by atoms with Crippen LogP contribution < -0.4 is 10.6 Å². The zero-order valence-electron chi connectivity index (χ0n) is 13.3. The summed E-state index contributed by atoms with van der Waals surface area (Å²) >= 11 is 6.10. The van der Waals surface area contributed by atoms with Gasteiger partial charge in [-0.25, -0.2) is 0 Å². The molecule has 6 nitrogen and oxygen atoms in total. The highest BCUT2D eigenvalue weighted by Crippen LogP contribution is 2.24. The third-order valence-electron chi connectivity index (χ3n) is 4.32. The van der Waals surface area contributed by atoms with Crippen molar-refractivity contribution in [2.24, 2.45) is 0 Å². The fourth-order valence-corrected chi connectivity index (χ4v) is 3.30. The van der Waals surface area contributed by atoms with E-state index in [1.165, 1.54) is 0 Å². The maximum Gasteiger partial charge on any atom is 0.239 e. The van der Waals surface area contributed by atoms with Gasteiger partial charge in [-0.2, -0.15) is 0 Å². The van der Waals surface area contributed by atoms with Crippen molar-refractivity contribution < 1.29 is 9.59 Å². The largest absolute Gasteiger partial charge is 0.353 e. The summed E-state index contributed by atoms with van der Waals surface area (Å²) in [6.45, 7) is 4.03. The lowest BCUT2D eigenvalue weighted by atomic mass is 10.0. The third kappa shape index (κ3) is 4.60. The van der Waals surface area contributed by atoms with E-state index in [1.54, 1.807) is 4.90 Å². The second-order valence-corrected chi connectivity index (χ2v) is 6.35. The van der Waals surface area contributed by atoms with Crippen molar-refractivity contribution in [3.05, 3.63) is 34.9 Å². The lowest BCUT2D eigenvalue weighted by Crippen LogP contribution is -2.54. The molecule has 2 heterocycles. The molecule has 1 unspecified atom stereocenters. The van der Waals surface area contributed by atoms with Crippen molar-refractivity contribution in [1.82, 2.24) is 20.4 Å². The van der Waals surface area contributed by atoms with E-state index in [0.717, 1.165) is 25.2 Å². The summed E-state index contributed by atoms with van der Waals surface area (Å²) in [6, 6.07) is 7.88. The van der Waals surface area contributed by atoms with Crippen LogP contribution in [0.2, 0.25) is 5.02 Å². The zero-order chi connectivity index (χ0) is 16.2. The third-order valence-corrected chi connectivity index (χ3v) is 4.55. The van der Waals surface area contributed by atoms with Gasteiger partial charge in [-0.1, -0.05) is 23.7 Å². The molecular formula is C16H22Cl2N4O2. The van der Waals surface area contributed by atoms with Crippen molar-refractivity contribution in [2.75, 3.05) is 45.8 Å². The van der Waals surface area contributed by atoms with Gasteiger partial charge in [0.1, 0.15) is 0 Å². The Bertz CT molecular complexity index is 599. The maximum atomic E-state index is 12.5. The predicted molar refractivity (Wildman–Crippen MR) is 95.5 cm³/mol. The smallest absolute Gasteiger partial charge is 0.239 e. The molecule has 2 N–H and O–H groups in total. The summed E-state index contributed by atoms with van der Waals surface area (Å²) in [5, 5.41) is 6.81. The van der Waals surface area contributed by atoms with E-state index in [4.69, 9.17) is 11.6 Å². The minimum atomic E-state index is -0.0868. The molecule has 1 atom stereocenters. The molecule has 0 aliphatic carbocycles. The van der Waals surface area contributed by atoms with E-state index in [-0.39, 0.29) is 36.8 Å². The first-order valence-electron chi connectivity index (χ1n) is 7.88. The van der Waals surface area contributed by atoms with Gasteiger partial charge in [0, 0.05) is 43.8 Å². The van der Waals surface area contributed by atoms with Gasteiger partial charge in [-0.05, 0) is 17.7 Å². The Morgan fingerprint density at radius 1 is 1.29 bits per heavy atom. The van der Waals surface area contributed by atoms with Gasteiger partial charge in [0.2, 0.25) is 11.8 Å². The summed E-state index contributed by atoms with van der Waals surface area (Å²) < 4.78 is 0. The average Bonchev–Trinajstić information content (AvgIpc) is 2.55. The number of rotatable bonds is 3. The van der Waals surface area contributed by atoms with Crippen molar-refractivity contribution in [2.45, 2.75) is 6.04 Å². The summed E-state index contributed by atoms with van der Waals surface area (Å²) in [4.78, 5) is 27.8. The average molecular weight is 373 g/mol. The van der Waals surface area contributed by atoms with E-state index in [9.17, 15) is 9.59 Å². The van der Waals surface area contributed by atoms with E-state index in [1.807, 2.05) is 24.3 Å². The molecule has 132 valence electrons. The fourth-order valence-electron chi connectivity index (χ4n) is 3.10. The van der Waals surface area contributed by atoms with Gasteiger partial charge in [-0.3, -0.25) is 14.5 Å². The molecule has 8 heteroatoms. The summed E-state index contributed by atoms with van der Waals surface area (Å²) in [5.74, 6) is -0.0786. The molecule has 0 bridgehead atoms. The Morgan fingerprint density at radius 2 is 2.12 bits per heavy atom. The van der Waals surface area contributed by atoms with Crippen LogP contribution in [0, 0.1) is 0 Å². The Balaban J connectivity index is 0.00000208. The van der Waals surface area contributed by atoms with Gasteiger partial charge in [0.25, 0.3) is 0 Å². The van der Waals surface area contributed by atoms with Crippen LogP contribution in [0.1, 0.15) is 11.6 Å². The molecule has 0 radical (unpaired) electrons. The van der Waals surface area contributed by atoms with Gasteiger partial charge in [0.05, 0.1) is 13.1 Å². The van der Waals surface area contributed by atoms with E-state index in [2.05, 4.69) is 15.5 Å². The Labute approximate surface area is 152 Å². The Kier molecular flexibility index (Phi) is 6.86. The number of amides is 2. The van der Waals surface area contributed by atoms with Crippen LogP contribution in [0.5, 0.6) is 0 Å². The number of carbonyl (C=O) groups excluding carboxylic acids is 2. The summed E-state index contributed by atoms with van der Waals surface area (Å²) in [5.41, 5.74) is 1.11. The molecule has 0 spiro atoms. The van der Waals surface area contributed by atoms with E-state index >= 15 is 0 Å². The second-order valence-electron chi connectivity index (χ2n) is 5.91. The molecule has 2 aliphatic heterocycles. The quantitative estimate of drug-likeness (QED) is 0.818.